The van der Waals surface area contributed by atoms with Crippen molar-refractivity contribution in [1.29, 1.82) is 0 Å². The number of nitrogens with zero attached hydrogens (tertiary/aromatic N) is 1. The van der Waals surface area contributed by atoms with Gasteiger partial charge >= 0.3 is 0 Å². The lowest BCUT2D eigenvalue weighted by Crippen LogP contribution is -2.48. The molecule has 0 aromatic heterocycles. The van der Waals surface area contributed by atoms with Gasteiger partial charge in [0.15, 0.2) is 8.32 Å². The zero-order valence-electron chi connectivity index (χ0n) is 19.5. The normalized spacial score (nSPS) is 17.1. The van der Waals surface area contributed by atoms with Gasteiger partial charge in [0.2, 0.25) is 10.0 Å². The molecule has 2 rings (SSSR count). The summed E-state index contributed by atoms with van der Waals surface area (Å²) in [6.07, 6.45) is 0.833. The van der Waals surface area contributed by atoms with Crippen molar-refractivity contribution in [3.05, 3.63) is 42.0 Å². The Morgan fingerprint density at radius 3 is 2.20 bits per heavy atom. The number of ketones is 1. The maximum atomic E-state index is 13.4. The Morgan fingerprint density at radius 2 is 1.73 bits per heavy atom. The highest BCUT2D eigenvalue weighted by Crippen LogP contribution is 2.40. The van der Waals surface area contributed by atoms with Crippen molar-refractivity contribution in [1.82, 2.24) is 4.31 Å². The highest BCUT2D eigenvalue weighted by atomic mass is 32.2. The third-order valence-electron chi connectivity index (χ3n) is 6.31. The molecule has 0 heterocycles. The van der Waals surface area contributed by atoms with Crippen molar-refractivity contribution in [3.8, 4) is 0 Å². The number of benzene rings is 1. The molecule has 0 radical (unpaired) electrons. The van der Waals surface area contributed by atoms with Crippen LogP contribution in [0.3, 0.4) is 0 Å². The van der Waals surface area contributed by atoms with Crippen LogP contribution >= 0.6 is 0 Å². The Kier molecular flexibility index (Phi) is 7.24. The van der Waals surface area contributed by atoms with Crippen LogP contribution in [-0.4, -0.2) is 46.5 Å². The fourth-order valence-electron chi connectivity index (χ4n) is 3.32. The summed E-state index contributed by atoms with van der Waals surface area (Å²) in [5.41, 5.74) is 1.41. The monoisotopic (exact) mass is 451 g/mol. The molecule has 1 aromatic carbocycles. The molecule has 1 aromatic rings. The van der Waals surface area contributed by atoms with Crippen LogP contribution in [0.15, 0.2) is 41.3 Å². The molecule has 168 valence electrons. The summed E-state index contributed by atoms with van der Waals surface area (Å²) in [7, 11) is -5.66. The van der Waals surface area contributed by atoms with Gasteiger partial charge in [-0.3, -0.25) is 4.79 Å². The van der Waals surface area contributed by atoms with E-state index in [1.807, 2.05) is 13.8 Å². The quantitative estimate of drug-likeness (QED) is 0.394. The number of carbonyl (C=O) groups excluding carboxylic acids is 1. The van der Waals surface area contributed by atoms with Crippen LogP contribution in [0.5, 0.6) is 0 Å². The Hall–Kier alpha value is -1.28. The average molecular weight is 452 g/mol. The minimum atomic E-state index is -3.70. The van der Waals surface area contributed by atoms with Crippen LogP contribution in [0.4, 0.5) is 0 Å². The van der Waals surface area contributed by atoms with Gasteiger partial charge in [-0.25, -0.2) is 8.42 Å². The van der Waals surface area contributed by atoms with Gasteiger partial charge in [-0.05, 0) is 48.2 Å². The summed E-state index contributed by atoms with van der Waals surface area (Å²) < 4.78 is 34.5. The summed E-state index contributed by atoms with van der Waals surface area (Å²) in [5.74, 6) is 0.185. The van der Waals surface area contributed by atoms with E-state index in [0.29, 0.717) is 26.0 Å². The number of hydrogen-bond donors (Lipinski definition) is 0. The second-order valence-electron chi connectivity index (χ2n) is 10.6. The molecule has 1 fully saturated rings. The van der Waals surface area contributed by atoms with Crippen molar-refractivity contribution in [3.63, 3.8) is 0 Å². The van der Waals surface area contributed by atoms with Crippen LogP contribution in [0.25, 0.3) is 0 Å². The number of aryl methyl sites for hydroxylation is 1. The Labute approximate surface area is 183 Å². The molecular formula is C23H37NO4SSi. The summed E-state index contributed by atoms with van der Waals surface area (Å²) in [6.45, 7) is 19.7. The molecule has 0 bridgehead atoms. The first-order valence-electron chi connectivity index (χ1n) is 10.4. The highest BCUT2D eigenvalue weighted by Gasteiger charge is 2.43. The predicted octanol–water partition coefficient (Wildman–Crippen LogP) is 4.93. The van der Waals surface area contributed by atoms with Crippen LogP contribution in [-0.2, 0) is 19.2 Å². The first-order valence-corrected chi connectivity index (χ1v) is 14.8. The van der Waals surface area contributed by atoms with E-state index in [-0.39, 0.29) is 27.7 Å². The first kappa shape index (κ1) is 25.0. The van der Waals surface area contributed by atoms with Gasteiger partial charge in [0.25, 0.3) is 0 Å². The molecule has 7 heteroatoms. The molecule has 0 N–H and O–H groups in total. The number of hydrogen-bond acceptors (Lipinski definition) is 4. The average Bonchev–Trinajstić information content (AvgIpc) is 2.57. The molecular weight excluding hydrogens is 414 g/mol. The summed E-state index contributed by atoms with van der Waals surface area (Å²) in [5, 5.41) is 0.0701. The fraction of sp³-hybridized carbons (Fsp3) is 0.609. The summed E-state index contributed by atoms with van der Waals surface area (Å²) in [6, 6.07) is 6.88. The molecule has 1 saturated carbocycles. The molecule has 30 heavy (non-hydrogen) atoms. The molecule has 5 nitrogen and oxygen atoms in total. The smallest absolute Gasteiger partial charge is 0.243 e. The molecule has 0 spiro atoms. The molecule has 0 unspecified atom stereocenters. The first-order chi connectivity index (χ1) is 13.6. The van der Waals surface area contributed by atoms with E-state index < -0.39 is 18.3 Å². The summed E-state index contributed by atoms with van der Waals surface area (Å²) in [4.78, 5) is 11.8. The maximum Gasteiger partial charge on any atom is 0.243 e. The van der Waals surface area contributed by atoms with Gasteiger partial charge in [-0.1, -0.05) is 52.0 Å². The van der Waals surface area contributed by atoms with Crippen molar-refractivity contribution >= 4 is 24.1 Å². The minimum Gasteiger partial charge on any atom is -0.413 e. The number of rotatable bonds is 9. The van der Waals surface area contributed by atoms with Crippen LogP contribution < -0.4 is 0 Å². The molecule has 1 aliphatic carbocycles. The van der Waals surface area contributed by atoms with Gasteiger partial charge in [0.1, 0.15) is 5.78 Å². The van der Waals surface area contributed by atoms with E-state index in [2.05, 4.69) is 40.4 Å². The van der Waals surface area contributed by atoms with E-state index in [0.717, 1.165) is 11.1 Å². The third kappa shape index (κ3) is 5.90. The maximum absolute atomic E-state index is 13.4. The van der Waals surface area contributed by atoms with E-state index in [4.69, 9.17) is 4.43 Å². The molecule has 0 saturated heterocycles. The second kappa shape index (κ2) is 8.69. The van der Waals surface area contributed by atoms with E-state index in [1.165, 1.54) is 4.31 Å². The number of Topliss-reactive ketones (excluding diaryl/α,β-unsaturated/α-hetero) is 1. The third-order valence-corrected chi connectivity index (χ3v) is 12.6. The van der Waals surface area contributed by atoms with Crippen molar-refractivity contribution < 1.29 is 17.6 Å². The topological polar surface area (TPSA) is 63.7 Å². The molecule has 0 aliphatic heterocycles. The predicted molar refractivity (Wildman–Crippen MR) is 125 cm³/mol. The standard InChI is InChI=1S/C23H37NO4SSi/c1-18-9-11-21(12-10-18)29(26,27)24(17-23(6)13-20(25)14-23)15-19(2)16-28-30(7,8)22(3,4)5/h9-12H,2,13-17H2,1,3-8H3. The van der Waals surface area contributed by atoms with E-state index in [1.54, 1.807) is 24.3 Å². The van der Waals surface area contributed by atoms with Gasteiger partial charge in [-0.15, -0.1) is 0 Å². The van der Waals surface area contributed by atoms with Crippen LogP contribution in [0, 0.1) is 12.3 Å². The molecule has 0 atom stereocenters. The lowest BCUT2D eigenvalue weighted by atomic mass is 9.69. The Bertz CT molecular complexity index is 890. The molecule has 0 amide bonds. The second-order valence-corrected chi connectivity index (χ2v) is 17.3. The van der Waals surface area contributed by atoms with Gasteiger partial charge in [-0.2, -0.15) is 4.31 Å². The fourth-order valence-corrected chi connectivity index (χ4v) is 5.93. The Morgan fingerprint density at radius 1 is 1.20 bits per heavy atom. The lowest BCUT2D eigenvalue weighted by molar-refractivity contribution is -0.132. The Balaban J connectivity index is 2.20. The van der Waals surface area contributed by atoms with Crippen LogP contribution in [0.1, 0.15) is 46.1 Å². The van der Waals surface area contributed by atoms with Crippen molar-refractivity contribution in [2.24, 2.45) is 5.41 Å². The van der Waals surface area contributed by atoms with Crippen LogP contribution in [0.2, 0.25) is 18.1 Å². The zero-order chi connectivity index (χ0) is 23.0. The van der Waals surface area contributed by atoms with Crippen molar-refractivity contribution in [2.75, 3.05) is 19.7 Å². The van der Waals surface area contributed by atoms with E-state index in [9.17, 15) is 13.2 Å². The van der Waals surface area contributed by atoms with Crippen molar-refractivity contribution in [2.45, 2.75) is 70.5 Å². The molecule has 1 aliphatic rings. The zero-order valence-corrected chi connectivity index (χ0v) is 21.4. The largest absolute Gasteiger partial charge is 0.413 e. The van der Waals surface area contributed by atoms with Gasteiger partial charge in [0.05, 0.1) is 11.5 Å². The minimum absolute atomic E-state index is 0.0701. The lowest BCUT2D eigenvalue weighted by Gasteiger charge is -2.41. The number of carbonyl (C=O) groups is 1. The number of sulfonamides is 1. The van der Waals surface area contributed by atoms with E-state index >= 15 is 0 Å². The highest BCUT2D eigenvalue weighted by molar-refractivity contribution is 7.89. The van der Waals surface area contributed by atoms with Gasteiger partial charge < -0.3 is 4.43 Å². The van der Waals surface area contributed by atoms with Gasteiger partial charge in [0, 0.05) is 25.9 Å². The summed E-state index contributed by atoms with van der Waals surface area (Å²) >= 11 is 0. The SMILES string of the molecule is C=C(CO[Si](C)(C)C(C)(C)C)CN(CC1(C)CC(=O)C1)S(=O)(=O)c1ccc(C)cc1.